The van der Waals surface area contributed by atoms with Gasteiger partial charge in [-0.1, -0.05) is 24.3 Å². The number of pyridine rings is 1. The van der Waals surface area contributed by atoms with Crippen LogP contribution in [0, 0.1) is 0 Å². The van der Waals surface area contributed by atoms with Gasteiger partial charge in [0, 0.05) is 44.0 Å². The molecule has 1 aliphatic rings. The molecule has 0 amide bonds. The standard InChI is InChI=1S/C21H26F3N3/c1-26(13-10-19-8-2-3-11-25-19)20-9-5-12-27(16-20)15-17-6-4-7-18(14-17)21(22,23)24/h2-4,6-8,11,14,20H,5,9-10,12-13,15-16H2,1H3. The Labute approximate surface area is 158 Å². The van der Waals surface area contributed by atoms with Gasteiger partial charge in [0.25, 0.3) is 0 Å². The molecule has 1 atom stereocenters. The Morgan fingerprint density at radius 3 is 2.78 bits per heavy atom. The maximum absolute atomic E-state index is 12.9. The SMILES string of the molecule is CN(CCc1ccccn1)C1CCCN(Cc2cccc(C(F)(F)F)c2)C1. The molecule has 0 aliphatic carbocycles. The molecule has 2 aromatic rings. The molecule has 1 aromatic carbocycles. The summed E-state index contributed by atoms with van der Waals surface area (Å²) in [7, 11) is 2.13. The minimum Gasteiger partial charge on any atom is -0.302 e. The number of aromatic nitrogens is 1. The van der Waals surface area contributed by atoms with Crippen LogP contribution in [-0.4, -0.2) is 47.5 Å². The Morgan fingerprint density at radius 2 is 2.04 bits per heavy atom. The van der Waals surface area contributed by atoms with E-state index in [9.17, 15) is 13.2 Å². The van der Waals surface area contributed by atoms with Crippen LogP contribution in [-0.2, 0) is 19.1 Å². The van der Waals surface area contributed by atoms with Crippen LogP contribution in [0.3, 0.4) is 0 Å². The zero-order valence-corrected chi connectivity index (χ0v) is 15.6. The summed E-state index contributed by atoms with van der Waals surface area (Å²) >= 11 is 0. The second kappa shape index (κ2) is 8.85. The molecular weight excluding hydrogens is 351 g/mol. The van der Waals surface area contributed by atoms with E-state index in [-0.39, 0.29) is 0 Å². The molecule has 2 heterocycles. The summed E-state index contributed by atoms with van der Waals surface area (Å²) in [4.78, 5) is 8.98. The fourth-order valence-corrected chi connectivity index (χ4v) is 3.66. The highest BCUT2D eigenvalue weighted by Gasteiger charge is 2.30. The number of rotatable bonds is 6. The summed E-state index contributed by atoms with van der Waals surface area (Å²) in [5, 5.41) is 0. The lowest BCUT2D eigenvalue weighted by Gasteiger charge is -2.37. The first-order valence-corrected chi connectivity index (χ1v) is 9.40. The smallest absolute Gasteiger partial charge is 0.302 e. The highest BCUT2D eigenvalue weighted by atomic mass is 19.4. The second-order valence-electron chi connectivity index (χ2n) is 7.28. The lowest BCUT2D eigenvalue weighted by Crippen LogP contribution is -2.46. The van der Waals surface area contributed by atoms with Gasteiger partial charge in [-0.3, -0.25) is 9.88 Å². The number of piperidine rings is 1. The van der Waals surface area contributed by atoms with Crippen LogP contribution in [0.5, 0.6) is 0 Å². The number of hydrogen-bond donors (Lipinski definition) is 0. The molecule has 0 spiro atoms. The van der Waals surface area contributed by atoms with Crippen LogP contribution in [0.15, 0.2) is 48.7 Å². The van der Waals surface area contributed by atoms with E-state index in [1.54, 1.807) is 6.07 Å². The normalized spacial score (nSPS) is 18.8. The third-order valence-corrected chi connectivity index (χ3v) is 5.21. The number of nitrogens with zero attached hydrogens (tertiary/aromatic N) is 3. The van der Waals surface area contributed by atoms with Gasteiger partial charge in [0.2, 0.25) is 0 Å². The molecule has 1 saturated heterocycles. The molecule has 0 saturated carbocycles. The molecule has 1 fully saturated rings. The molecule has 0 radical (unpaired) electrons. The molecule has 0 bridgehead atoms. The number of halogens is 3. The fraction of sp³-hybridized carbons (Fsp3) is 0.476. The first kappa shape index (κ1) is 19.8. The Kier molecular flexibility index (Phi) is 6.50. The number of benzene rings is 1. The Balaban J connectivity index is 1.54. The fourth-order valence-electron chi connectivity index (χ4n) is 3.66. The minimum atomic E-state index is -4.29. The molecule has 27 heavy (non-hydrogen) atoms. The molecule has 1 aromatic heterocycles. The van der Waals surface area contributed by atoms with Gasteiger partial charge in [0.1, 0.15) is 0 Å². The summed E-state index contributed by atoms with van der Waals surface area (Å²) in [6.07, 6.45) is 0.621. The summed E-state index contributed by atoms with van der Waals surface area (Å²) in [6.45, 7) is 3.31. The Hall–Kier alpha value is -1.92. The quantitative estimate of drug-likeness (QED) is 0.751. The summed E-state index contributed by atoms with van der Waals surface area (Å²) < 4.78 is 38.7. The van der Waals surface area contributed by atoms with Crippen LogP contribution < -0.4 is 0 Å². The van der Waals surface area contributed by atoms with Crippen molar-refractivity contribution >= 4 is 0 Å². The molecule has 3 nitrogen and oxygen atoms in total. The minimum absolute atomic E-state index is 0.424. The van der Waals surface area contributed by atoms with E-state index in [2.05, 4.69) is 21.8 Å². The van der Waals surface area contributed by atoms with Crippen molar-refractivity contribution in [2.75, 3.05) is 26.7 Å². The average molecular weight is 377 g/mol. The predicted octanol–water partition coefficient (Wildman–Crippen LogP) is 4.24. The maximum atomic E-state index is 12.9. The van der Waals surface area contributed by atoms with E-state index in [1.807, 2.05) is 24.4 Å². The van der Waals surface area contributed by atoms with Gasteiger partial charge < -0.3 is 4.90 Å². The number of likely N-dealkylation sites (N-methyl/N-ethyl adjacent to an activating group) is 1. The van der Waals surface area contributed by atoms with E-state index >= 15 is 0 Å². The highest BCUT2D eigenvalue weighted by Crippen LogP contribution is 2.30. The molecular formula is C21H26F3N3. The van der Waals surface area contributed by atoms with E-state index in [4.69, 9.17) is 0 Å². The van der Waals surface area contributed by atoms with Crippen molar-refractivity contribution in [3.63, 3.8) is 0 Å². The monoisotopic (exact) mass is 377 g/mol. The molecule has 6 heteroatoms. The van der Waals surface area contributed by atoms with E-state index < -0.39 is 11.7 Å². The summed E-state index contributed by atoms with van der Waals surface area (Å²) in [5.74, 6) is 0. The van der Waals surface area contributed by atoms with Gasteiger partial charge in [0.05, 0.1) is 5.56 Å². The van der Waals surface area contributed by atoms with Crippen LogP contribution in [0.4, 0.5) is 13.2 Å². The third-order valence-electron chi connectivity index (χ3n) is 5.21. The van der Waals surface area contributed by atoms with E-state index in [0.717, 1.165) is 56.2 Å². The van der Waals surface area contributed by atoms with Crippen molar-refractivity contribution in [3.8, 4) is 0 Å². The third kappa shape index (κ3) is 5.78. The zero-order chi connectivity index (χ0) is 19.3. The van der Waals surface area contributed by atoms with Gasteiger partial charge in [-0.2, -0.15) is 13.2 Å². The van der Waals surface area contributed by atoms with Crippen molar-refractivity contribution in [3.05, 3.63) is 65.5 Å². The van der Waals surface area contributed by atoms with Gasteiger partial charge >= 0.3 is 6.18 Å². The lowest BCUT2D eigenvalue weighted by atomic mass is 10.0. The van der Waals surface area contributed by atoms with Crippen LogP contribution >= 0.6 is 0 Å². The zero-order valence-electron chi connectivity index (χ0n) is 15.6. The van der Waals surface area contributed by atoms with Gasteiger partial charge in [-0.25, -0.2) is 0 Å². The number of hydrogen-bond acceptors (Lipinski definition) is 3. The largest absolute Gasteiger partial charge is 0.416 e. The van der Waals surface area contributed by atoms with E-state index in [1.165, 1.54) is 12.1 Å². The predicted molar refractivity (Wildman–Crippen MR) is 100 cm³/mol. The topological polar surface area (TPSA) is 19.4 Å². The first-order chi connectivity index (χ1) is 12.9. The summed E-state index contributed by atoms with van der Waals surface area (Å²) in [6, 6.07) is 12.1. The van der Waals surface area contributed by atoms with Gasteiger partial charge in [-0.15, -0.1) is 0 Å². The van der Waals surface area contributed by atoms with Crippen molar-refractivity contribution in [2.45, 2.75) is 38.0 Å². The molecule has 0 N–H and O–H groups in total. The van der Waals surface area contributed by atoms with Crippen molar-refractivity contribution in [1.82, 2.24) is 14.8 Å². The Bertz CT molecular complexity index is 718. The van der Waals surface area contributed by atoms with Crippen LogP contribution in [0.25, 0.3) is 0 Å². The number of alkyl halides is 3. The second-order valence-corrected chi connectivity index (χ2v) is 7.28. The van der Waals surface area contributed by atoms with Gasteiger partial charge in [0.15, 0.2) is 0 Å². The average Bonchev–Trinajstić information content (AvgIpc) is 2.67. The van der Waals surface area contributed by atoms with Crippen molar-refractivity contribution < 1.29 is 13.2 Å². The first-order valence-electron chi connectivity index (χ1n) is 9.40. The molecule has 3 rings (SSSR count). The Morgan fingerprint density at radius 1 is 1.19 bits per heavy atom. The molecule has 146 valence electrons. The number of likely N-dealkylation sites (tertiary alicyclic amines) is 1. The van der Waals surface area contributed by atoms with Crippen LogP contribution in [0.2, 0.25) is 0 Å². The lowest BCUT2D eigenvalue weighted by molar-refractivity contribution is -0.137. The van der Waals surface area contributed by atoms with Crippen molar-refractivity contribution in [1.29, 1.82) is 0 Å². The maximum Gasteiger partial charge on any atom is 0.416 e. The summed E-state index contributed by atoms with van der Waals surface area (Å²) in [5.41, 5.74) is 1.24. The van der Waals surface area contributed by atoms with E-state index in [0.29, 0.717) is 12.6 Å². The molecule has 1 aliphatic heterocycles. The van der Waals surface area contributed by atoms with Crippen molar-refractivity contribution in [2.24, 2.45) is 0 Å². The highest BCUT2D eigenvalue weighted by molar-refractivity contribution is 5.25. The van der Waals surface area contributed by atoms with Gasteiger partial charge in [-0.05, 0) is 50.2 Å². The van der Waals surface area contributed by atoms with Crippen LogP contribution in [0.1, 0.15) is 29.7 Å². The molecule has 1 unspecified atom stereocenters.